The lowest BCUT2D eigenvalue weighted by atomic mass is 9.97. The van der Waals surface area contributed by atoms with E-state index in [-0.39, 0.29) is 23.7 Å². The van der Waals surface area contributed by atoms with E-state index in [0.29, 0.717) is 27.7 Å². The van der Waals surface area contributed by atoms with E-state index in [9.17, 15) is 24.3 Å². The number of anilines is 2. The molecule has 0 radical (unpaired) electrons. The summed E-state index contributed by atoms with van der Waals surface area (Å²) in [6, 6.07) is 11.8. The molecular formula is C22H19N3O5. The van der Waals surface area contributed by atoms with Crippen LogP contribution in [0.2, 0.25) is 0 Å². The van der Waals surface area contributed by atoms with Gasteiger partial charge in [-0.25, -0.2) is 9.69 Å². The molecule has 0 unspecified atom stereocenters. The van der Waals surface area contributed by atoms with Gasteiger partial charge in [0.25, 0.3) is 5.91 Å². The highest BCUT2D eigenvalue weighted by Gasteiger charge is 2.37. The first-order chi connectivity index (χ1) is 14.2. The summed E-state index contributed by atoms with van der Waals surface area (Å²) in [5.74, 6) is -2.53. The van der Waals surface area contributed by atoms with Crippen molar-refractivity contribution in [3.05, 3.63) is 59.3 Å². The molecule has 0 aliphatic carbocycles. The Labute approximate surface area is 171 Å². The molecule has 152 valence electrons. The summed E-state index contributed by atoms with van der Waals surface area (Å²) in [5.41, 5.74) is 1.87. The van der Waals surface area contributed by atoms with Crippen molar-refractivity contribution in [1.29, 1.82) is 0 Å². The van der Waals surface area contributed by atoms with Crippen molar-refractivity contribution in [2.45, 2.75) is 13.3 Å². The molecule has 3 amide bonds. The fraction of sp³-hybridized carbons (Fsp3) is 0.182. The van der Waals surface area contributed by atoms with Crippen molar-refractivity contribution in [3.8, 4) is 0 Å². The van der Waals surface area contributed by atoms with Gasteiger partial charge in [-0.2, -0.15) is 0 Å². The van der Waals surface area contributed by atoms with Crippen LogP contribution in [0.3, 0.4) is 0 Å². The van der Waals surface area contributed by atoms with Crippen LogP contribution < -0.4 is 9.80 Å². The van der Waals surface area contributed by atoms with Gasteiger partial charge in [-0.15, -0.1) is 0 Å². The number of aryl methyl sites for hydroxylation is 1. The van der Waals surface area contributed by atoms with E-state index < -0.39 is 17.8 Å². The number of aromatic nitrogens is 1. The van der Waals surface area contributed by atoms with Crippen molar-refractivity contribution in [2.75, 3.05) is 16.8 Å². The van der Waals surface area contributed by atoms with E-state index in [1.807, 2.05) is 0 Å². The minimum atomic E-state index is -1.26. The maximum absolute atomic E-state index is 13.2. The van der Waals surface area contributed by atoms with Crippen LogP contribution in [0.15, 0.2) is 42.5 Å². The molecule has 0 atom stereocenters. The number of benzene rings is 2. The Balaban J connectivity index is 2.01. The molecule has 1 aromatic heterocycles. The highest BCUT2D eigenvalue weighted by Crippen LogP contribution is 2.38. The maximum atomic E-state index is 13.2. The molecule has 1 aliphatic rings. The fourth-order valence-electron chi connectivity index (χ4n) is 3.86. The maximum Gasteiger partial charge on any atom is 0.354 e. The topological polar surface area (TPSA) is 99.9 Å². The molecule has 4 rings (SSSR count). The van der Waals surface area contributed by atoms with Crippen LogP contribution in [0, 0.1) is 0 Å². The molecule has 1 aliphatic heterocycles. The third-order valence-corrected chi connectivity index (χ3v) is 5.48. The zero-order valence-corrected chi connectivity index (χ0v) is 16.7. The Morgan fingerprint density at radius 2 is 1.80 bits per heavy atom. The third-order valence-electron chi connectivity index (χ3n) is 5.48. The monoisotopic (exact) mass is 405 g/mol. The number of carboxylic acid groups (broad SMARTS) is 1. The number of nitrogens with zero attached hydrogens (tertiary/aromatic N) is 3. The first-order valence-electron chi connectivity index (χ1n) is 9.27. The minimum Gasteiger partial charge on any atom is -0.477 e. The van der Waals surface area contributed by atoms with E-state index in [1.165, 1.54) is 16.4 Å². The highest BCUT2D eigenvalue weighted by molar-refractivity contribution is 6.29. The molecule has 30 heavy (non-hydrogen) atoms. The first-order valence-corrected chi connectivity index (χ1v) is 9.27. The standard InChI is InChI=1S/C22H19N3O5/c1-12(26)23(2)14-8-9-17-16(11-14)19(20(22(29)30)24(17)3)25-18(27)10-13-6-4-5-7-15(13)21(25)28/h4-9,11H,10H2,1-3H3,(H,29,30). The molecule has 0 saturated heterocycles. The van der Waals surface area contributed by atoms with Gasteiger partial charge in [-0.3, -0.25) is 14.4 Å². The molecule has 0 bridgehead atoms. The Bertz CT molecular complexity index is 1260. The molecule has 3 aromatic rings. The lowest BCUT2D eigenvalue weighted by Crippen LogP contribution is -2.43. The summed E-state index contributed by atoms with van der Waals surface area (Å²) in [5, 5.41) is 10.3. The average molecular weight is 405 g/mol. The van der Waals surface area contributed by atoms with Crippen molar-refractivity contribution in [2.24, 2.45) is 7.05 Å². The molecule has 0 spiro atoms. The molecule has 8 heteroatoms. The normalized spacial score (nSPS) is 13.5. The highest BCUT2D eigenvalue weighted by atomic mass is 16.4. The number of amides is 3. The number of fused-ring (bicyclic) bond motifs is 2. The summed E-state index contributed by atoms with van der Waals surface area (Å²) >= 11 is 0. The Hall–Kier alpha value is -3.94. The predicted octanol–water partition coefficient (Wildman–Crippen LogP) is 2.59. The average Bonchev–Trinajstić information content (AvgIpc) is 2.99. The van der Waals surface area contributed by atoms with E-state index in [2.05, 4.69) is 0 Å². The van der Waals surface area contributed by atoms with Crippen LogP contribution >= 0.6 is 0 Å². The zero-order chi connectivity index (χ0) is 21.7. The summed E-state index contributed by atoms with van der Waals surface area (Å²) in [6.07, 6.45) is -0.00952. The SMILES string of the molecule is CC(=O)N(C)c1ccc2c(c1)c(N1C(=O)Cc3ccccc3C1=O)c(C(=O)O)n2C. The summed E-state index contributed by atoms with van der Waals surface area (Å²) in [7, 11) is 3.16. The van der Waals surface area contributed by atoms with E-state index in [0.717, 1.165) is 4.90 Å². The lowest BCUT2D eigenvalue weighted by molar-refractivity contribution is -0.118. The third kappa shape index (κ3) is 2.76. The van der Waals surface area contributed by atoms with Gasteiger partial charge >= 0.3 is 5.97 Å². The van der Waals surface area contributed by atoms with Gasteiger partial charge in [0.05, 0.1) is 17.6 Å². The van der Waals surface area contributed by atoms with E-state index in [4.69, 9.17) is 0 Å². The molecule has 0 fully saturated rings. The lowest BCUT2D eigenvalue weighted by Gasteiger charge is -2.27. The predicted molar refractivity (Wildman–Crippen MR) is 111 cm³/mol. The van der Waals surface area contributed by atoms with Gasteiger partial charge in [0.2, 0.25) is 11.8 Å². The van der Waals surface area contributed by atoms with Gasteiger partial charge < -0.3 is 14.6 Å². The second-order valence-corrected chi connectivity index (χ2v) is 7.21. The van der Waals surface area contributed by atoms with Gasteiger partial charge in [0.1, 0.15) is 0 Å². The second kappa shape index (κ2) is 6.84. The van der Waals surface area contributed by atoms with Crippen LogP contribution in [0.25, 0.3) is 10.9 Å². The molecular weight excluding hydrogens is 386 g/mol. The summed E-state index contributed by atoms with van der Waals surface area (Å²) in [4.78, 5) is 52.4. The number of imide groups is 1. The van der Waals surface area contributed by atoms with E-state index in [1.54, 1.807) is 56.6 Å². The van der Waals surface area contributed by atoms with Gasteiger partial charge in [0, 0.05) is 37.7 Å². The van der Waals surface area contributed by atoms with Gasteiger partial charge in [-0.05, 0) is 29.8 Å². The number of hydrogen-bond donors (Lipinski definition) is 1. The number of carboxylic acids is 1. The zero-order valence-electron chi connectivity index (χ0n) is 16.7. The Morgan fingerprint density at radius 1 is 1.10 bits per heavy atom. The fourth-order valence-corrected chi connectivity index (χ4v) is 3.86. The smallest absolute Gasteiger partial charge is 0.354 e. The number of carbonyl (C=O) groups excluding carboxylic acids is 3. The number of carbonyl (C=O) groups is 4. The molecule has 1 N–H and O–H groups in total. The van der Waals surface area contributed by atoms with Crippen LogP contribution in [0.4, 0.5) is 11.4 Å². The van der Waals surface area contributed by atoms with Crippen LogP contribution in [0.5, 0.6) is 0 Å². The Morgan fingerprint density at radius 3 is 2.47 bits per heavy atom. The van der Waals surface area contributed by atoms with E-state index >= 15 is 0 Å². The number of rotatable bonds is 3. The van der Waals surface area contributed by atoms with Crippen molar-refractivity contribution in [1.82, 2.24) is 4.57 Å². The van der Waals surface area contributed by atoms with Crippen molar-refractivity contribution in [3.63, 3.8) is 0 Å². The minimum absolute atomic E-state index is 0.00952. The molecule has 0 saturated carbocycles. The molecule has 2 heterocycles. The molecule has 8 nitrogen and oxygen atoms in total. The first kappa shape index (κ1) is 19.4. The number of hydrogen-bond acceptors (Lipinski definition) is 4. The van der Waals surface area contributed by atoms with Gasteiger partial charge in [0.15, 0.2) is 5.69 Å². The van der Waals surface area contributed by atoms with Crippen molar-refractivity contribution < 1.29 is 24.3 Å². The van der Waals surface area contributed by atoms with Crippen LogP contribution in [-0.2, 0) is 23.1 Å². The second-order valence-electron chi connectivity index (χ2n) is 7.21. The van der Waals surface area contributed by atoms with Crippen LogP contribution in [0.1, 0.15) is 33.3 Å². The summed E-state index contributed by atoms with van der Waals surface area (Å²) < 4.78 is 1.44. The largest absolute Gasteiger partial charge is 0.477 e. The Kier molecular flexibility index (Phi) is 4.42. The number of aromatic carboxylic acids is 1. The summed E-state index contributed by atoms with van der Waals surface area (Å²) in [6.45, 7) is 1.41. The van der Waals surface area contributed by atoms with Crippen molar-refractivity contribution >= 4 is 46.0 Å². The quantitative estimate of drug-likeness (QED) is 0.675. The van der Waals surface area contributed by atoms with Crippen LogP contribution in [-0.4, -0.2) is 40.4 Å². The van der Waals surface area contributed by atoms with Gasteiger partial charge in [-0.1, -0.05) is 18.2 Å². The molecule has 2 aromatic carbocycles.